The van der Waals surface area contributed by atoms with Crippen LogP contribution in [0.2, 0.25) is 0 Å². The molecule has 0 N–H and O–H groups in total. The first kappa shape index (κ1) is 35.2. The molecule has 0 spiro atoms. The molecular formula is C58H45N. The van der Waals surface area contributed by atoms with E-state index in [1.165, 1.54) is 100 Å². The van der Waals surface area contributed by atoms with Gasteiger partial charge in [0, 0.05) is 22.2 Å². The summed E-state index contributed by atoms with van der Waals surface area (Å²) in [6.45, 7) is 9.59. The maximum atomic E-state index is 2.51. The highest BCUT2D eigenvalue weighted by Gasteiger charge is 2.39. The molecule has 0 atom stereocenters. The molecule has 0 saturated carbocycles. The van der Waals surface area contributed by atoms with Crippen LogP contribution >= 0.6 is 0 Å². The van der Waals surface area contributed by atoms with Gasteiger partial charge in [-0.3, -0.25) is 0 Å². The first-order chi connectivity index (χ1) is 28.8. The van der Waals surface area contributed by atoms with Crippen molar-refractivity contribution < 1.29 is 0 Å². The number of rotatable bonds is 6. The second-order valence-electron chi connectivity index (χ2n) is 17.3. The summed E-state index contributed by atoms with van der Waals surface area (Å²) in [5, 5.41) is 2.61. The Morgan fingerprint density at radius 3 is 1.61 bits per heavy atom. The summed E-state index contributed by atoms with van der Waals surface area (Å²) in [7, 11) is 0. The summed E-state index contributed by atoms with van der Waals surface area (Å²) in [6.07, 6.45) is 0. The molecule has 0 saturated heterocycles. The van der Waals surface area contributed by atoms with Gasteiger partial charge in [0.25, 0.3) is 0 Å². The van der Waals surface area contributed by atoms with E-state index in [4.69, 9.17) is 0 Å². The van der Waals surface area contributed by atoms with Gasteiger partial charge in [0.05, 0.1) is 5.69 Å². The van der Waals surface area contributed by atoms with Gasteiger partial charge in [-0.2, -0.15) is 0 Å². The Kier molecular flexibility index (Phi) is 7.94. The smallest absolute Gasteiger partial charge is 0.0508 e. The van der Waals surface area contributed by atoms with Crippen molar-refractivity contribution in [3.8, 4) is 55.6 Å². The fourth-order valence-corrected chi connectivity index (χ4v) is 10.4. The number of para-hydroxylation sites is 1. The molecule has 0 aliphatic heterocycles. The van der Waals surface area contributed by atoms with Crippen molar-refractivity contribution in [2.24, 2.45) is 0 Å². The quantitative estimate of drug-likeness (QED) is 0.163. The third-order valence-electron chi connectivity index (χ3n) is 13.2. The van der Waals surface area contributed by atoms with Gasteiger partial charge in [-0.25, -0.2) is 0 Å². The van der Waals surface area contributed by atoms with Crippen LogP contribution in [0.15, 0.2) is 200 Å². The molecule has 0 heterocycles. The summed E-state index contributed by atoms with van der Waals surface area (Å²) in [5.41, 5.74) is 21.1. The summed E-state index contributed by atoms with van der Waals surface area (Å²) in [6, 6.07) is 74.3. The predicted octanol–water partition coefficient (Wildman–Crippen LogP) is 15.9. The van der Waals surface area contributed by atoms with Crippen molar-refractivity contribution in [1.29, 1.82) is 0 Å². The molecule has 2 aliphatic rings. The van der Waals surface area contributed by atoms with Crippen molar-refractivity contribution >= 4 is 27.8 Å². The van der Waals surface area contributed by atoms with E-state index in [0.29, 0.717) is 0 Å². The molecule has 59 heavy (non-hydrogen) atoms. The van der Waals surface area contributed by atoms with E-state index in [2.05, 4.69) is 233 Å². The Bertz CT molecular complexity index is 3020. The van der Waals surface area contributed by atoms with Crippen molar-refractivity contribution in [2.75, 3.05) is 4.90 Å². The zero-order valence-electron chi connectivity index (χ0n) is 34.0. The number of nitrogens with zero attached hydrogens (tertiary/aromatic N) is 1. The van der Waals surface area contributed by atoms with Gasteiger partial charge in [-0.1, -0.05) is 179 Å². The second kappa shape index (κ2) is 13.3. The lowest BCUT2D eigenvalue weighted by atomic mass is 9.66. The Morgan fingerprint density at radius 2 is 0.898 bits per heavy atom. The van der Waals surface area contributed by atoms with Crippen molar-refractivity contribution in [2.45, 2.75) is 38.5 Å². The molecule has 1 nitrogen and oxygen atoms in total. The number of fused-ring (bicyclic) bond motifs is 5. The highest BCUT2D eigenvalue weighted by molar-refractivity contribution is 6.11. The van der Waals surface area contributed by atoms with E-state index in [0.717, 1.165) is 5.69 Å². The van der Waals surface area contributed by atoms with Crippen LogP contribution in [-0.2, 0) is 10.8 Å². The van der Waals surface area contributed by atoms with Crippen LogP contribution in [0.5, 0.6) is 0 Å². The maximum absolute atomic E-state index is 2.51. The summed E-state index contributed by atoms with van der Waals surface area (Å²) in [5.74, 6) is 0. The minimum absolute atomic E-state index is 0.115. The zero-order valence-corrected chi connectivity index (χ0v) is 34.0. The molecule has 0 fully saturated rings. The van der Waals surface area contributed by atoms with E-state index in [1.807, 2.05) is 0 Å². The standard InChI is InChI=1S/C58H45N/c1-57(2)50-27-15-14-25-47(50)48-33-31-45(37-52(48)57)59(44-23-12-7-13-24-44)53-29-17-26-49-55-46(32-30-40-22-16-28-51(54(40)55)58(3,4)56(49)53)43-35-41(38-18-8-5-9-19-38)34-42(36-43)39-20-10-6-11-21-39/h5-37H,1-4H3. The van der Waals surface area contributed by atoms with E-state index in [1.54, 1.807) is 0 Å². The fourth-order valence-electron chi connectivity index (χ4n) is 10.4. The first-order valence-electron chi connectivity index (χ1n) is 20.8. The number of anilines is 3. The molecule has 9 aromatic rings. The van der Waals surface area contributed by atoms with Crippen LogP contribution in [-0.4, -0.2) is 0 Å². The number of hydrogen-bond acceptors (Lipinski definition) is 1. The molecule has 2 aliphatic carbocycles. The molecule has 0 radical (unpaired) electrons. The average Bonchev–Trinajstić information content (AvgIpc) is 3.51. The lowest BCUT2D eigenvalue weighted by molar-refractivity contribution is 0.645. The van der Waals surface area contributed by atoms with Gasteiger partial charge in [0.2, 0.25) is 0 Å². The summed E-state index contributed by atoms with van der Waals surface area (Å²) < 4.78 is 0. The van der Waals surface area contributed by atoms with E-state index in [-0.39, 0.29) is 10.8 Å². The number of hydrogen-bond donors (Lipinski definition) is 0. The third-order valence-corrected chi connectivity index (χ3v) is 13.2. The topological polar surface area (TPSA) is 3.24 Å². The maximum Gasteiger partial charge on any atom is 0.0508 e. The third kappa shape index (κ3) is 5.45. The highest BCUT2D eigenvalue weighted by Crippen LogP contribution is 2.57. The zero-order chi connectivity index (χ0) is 39.9. The molecule has 0 bridgehead atoms. The second-order valence-corrected chi connectivity index (χ2v) is 17.3. The van der Waals surface area contributed by atoms with Crippen LogP contribution in [0.3, 0.4) is 0 Å². The molecule has 11 rings (SSSR count). The van der Waals surface area contributed by atoms with Crippen LogP contribution in [0.4, 0.5) is 17.1 Å². The van der Waals surface area contributed by atoms with Gasteiger partial charge in [-0.15, -0.1) is 0 Å². The molecule has 0 aromatic heterocycles. The first-order valence-corrected chi connectivity index (χ1v) is 20.8. The Morgan fingerprint density at radius 1 is 0.339 bits per heavy atom. The molecule has 282 valence electrons. The minimum Gasteiger partial charge on any atom is -0.310 e. The lowest BCUT2D eigenvalue weighted by Crippen LogP contribution is -2.27. The summed E-state index contributed by atoms with van der Waals surface area (Å²) >= 11 is 0. The van der Waals surface area contributed by atoms with Gasteiger partial charge in [0.1, 0.15) is 0 Å². The Hall–Kier alpha value is -6.96. The normalized spacial score (nSPS) is 14.0. The van der Waals surface area contributed by atoms with Crippen molar-refractivity contribution in [3.63, 3.8) is 0 Å². The highest BCUT2D eigenvalue weighted by atomic mass is 15.1. The molecule has 0 amide bonds. The predicted molar refractivity (Wildman–Crippen MR) is 250 cm³/mol. The minimum atomic E-state index is -0.308. The SMILES string of the molecule is CC1(C)c2ccccc2-c2ccc(N(c3ccccc3)c3cccc4c3C(C)(C)c3cccc5ccc(-c6cc(-c7ccccc7)cc(-c7ccccc7)c6)c-4c35)cc21. The van der Waals surface area contributed by atoms with Gasteiger partial charge in [-0.05, 0) is 137 Å². The fraction of sp³-hybridized carbons (Fsp3) is 0.103. The van der Waals surface area contributed by atoms with Gasteiger partial charge < -0.3 is 4.90 Å². The molecule has 9 aromatic carbocycles. The van der Waals surface area contributed by atoms with Crippen LogP contribution in [0.25, 0.3) is 66.4 Å². The van der Waals surface area contributed by atoms with Crippen LogP contribution in [0.1, 0.15) is 49.9 Å². The van der Waals surface area contributed by atoms with E-state index < -0.39 is 0 Å². The Balaban J connectivity index is 1.18. The summed E-state index contributed by atoms with van der Waals surface area (Å²) in [4.78, 5) is 2.51. The Labute approximate surface area is 347 Å². The van der Waals surface area contributed by atoms with Gasteiger partial charge in [0.15, 0.2) is 0 Å². The van der Waals surface area contributed by atoms with E-state index in [9.17, 15) is 0 Å². The average molecular weight is 756 g/mol. The van der Waals surface area contributed by atoms with Gasteiger partial charge >= 0.3 is 0 Å². The molecule has 1 heteroatoms. The molecule has 0 unspecified atom stereocenters. The van der Waals surface area contributed by atoms with Crippen LogP contribution in [0, 0.1) is 0 Å². The monoisotopic (exact) mass is 755 g/mol. The van der Waals surface area contributed by atoms with Crippen molar-refractivity contribution in [1.82, 2.24) is 0 Å². The van der Waals surface area contributed by atoms with E-state index >= 15 is 0 Å². The van der Waals surface area contributed by atoms with Crippen molar-refractivity contribution in [3.05, 3.63) is 222 Å². The van der Waals surface area contributed by atoms with Crippen LogP contribution < -0.4 is 4.90 Å². The number of benzene rings is 9. The largest absolute Gasteiger partial charge is 0.310 e. The molecular weight excluding hydrogens is 711 g/mol. The lowest BCUT2D eigenvalue weighted by Gasteiger charge is -2.40.